The third kappa shape index (κ3) is 3.33. The summed E-state index contributed by atoms with van der Waals surface area (Å²) in [6.45, 7) is 0.868. The predicted octanol–water partition coefficient (Wildman–Crippen LogP) is 4.97. The van der Waals surface area contributed by atoms with Gasteiger partial charge >= 0.3 is 6.29 Å². The zero-order valence-corrected chi connectivity index (χ0v) is 17.6. The molecular weight excluding hydrogens is 416 g/mol. The summed E-state index contributed by atoms with van der Waals surface area (Å²) in [7, 11) is 2.17. The number of hydrogen-bond donors (Lipinski definition) is 0. The standard InChI is InChI=1S/C24H23F2N3O3/c1-29(18-13-17(18)15-6-3-2-4-7-15)14-23(10-5-11-23)22-27-21(32-28-22)16-8-9-19-20(12-16)31-24(25,26)30-19/h2-4,6-9,12,17-18H,5,10-11,13-14H2,1H3/t17-,18?/m1/s1. The number of halogens is 2. The van der Waals surface area contributed by atoms with E-state index in [1.54, 1.807) is 6.07 Å². The fraction of sp³-hybridized carbons (Fsp3) is 0.417. The number of benzene rings is 2. The van der Waals surface area contributed by atoms with Gasteiger partial charge in [-0.3, -0.25) is 0 Å². The molecule has 0 amide bonds. The quantitative estimate of drug-likeness (QED) is 0.541. The van der Waals surface area contributed by atoms with Gasteiger partial charge in [-0.05, 0) is 50.1 Å². The zero-order chi connectivity index (χ0) is 21.9. The van der Waals surface area contributed by atoms with Crippen LogP contribution in [0.15, 0.2) is 53.1 Å². The predicted molar refractivity (Wildman–Crippen MR) is 112 cm³/mol. The van der Waals surface area contributed by atoms with E-state index in [1.807, 2.05) is 6.07 Å². The molecule has 3 aromatic rings. The Morgan fingerprint density at radius 2 is 1.84 bits per heavy atom. The van der Waals surface area contributed by atoms with Crippen molar-refractivity contribution in [2.45, 2.75) is 49.4 Å². The van der Waals surface area contributed by atoms with Gasteiger partial charge in [-0.1, -0.05) is 41.9 Å². The van der Waals surface area contributed by atoms with Crippen molar-refractivity contribution in [3.05, 3.63) is 59.9 Å². The second kappa shape index (κ2) is 7.00. The second-order valence-electron chi connectivity index (χ2n) is 9.12. The van der Waals surface area contributed by atoms with Crippen molar-refractivity contribution in [2.75, 3.05) is 13.6 Å². The summed E-state index contributed by atoms with van der Waals surface area (Å²) in [6.07, 6.45) is 0.653. The van der Waals surface area contributed by atoms with Gasteiger partial charge in [-0.15, -0.1) is 8.78 Å². The smallest absolute Gasteiger partial charge is 0.395 e. The highest BCUT2D eigenvalue weighted by Crippen LogP contribution is 2.49. The van der Waals surface area contributed by atoms with Crippen LogP contribution in [0, 0.1) is 0 Å². The van der Waals surface area contributed by atoms with Gasteiger partial charge < -0.3 is 18.9 Å². The average Bonchev–Trinajstić information content (AvgIpc) is 3.29. The maximum absolute atomic E-state index is 13.3. The highest BCUT2D eigenvalue weighted by Gasteiger charge is 2.49. The van der Waals surface area contributed by atoms with Crippen LogP contribution in [0.4, 0.5) is 8.78 Å². The molecule has 2 atom stereocenters. The Hall–Kier alpha value is -3.00. The molecule has 1 aliphatic heterocycles. The maximum atomic E-state index is 13.3. The number of fused-ring (bicyclic) bond motifs is 1. The van der Waals surface area contributed by atoms with Gasteiger partial charge in [0.1, 0.15) is 0 Å². The van der Waals surface area contributed by atoms with Crippen molar-refractivity contribution in [2.24, 2.45) is 0 Å². The van der Waals surface area contributed by atoms with E-state index < -0.39 is 6.29 Å². The van der Waals surface area contributed by atoms with Gasteiger partial charge in [0.2, 0.25) is 0 Å². The van der Waals surface area contributed by atoms with Crippen LogP contribution in [0.5, 0.6) is 11.5 Å². The first-order valence-electron chi connectivity index (χ1n) is 10.9. The first-order valence-corrected chi connectivity index (χ1v) is 10.9. The largest absolute Gasteiger partial charge is 0.586 e. The maximum Gasteiger partial charge on any atom is 0.586 e. The Morgan fingerprint density at radius 1 is 1.06 bits per heavy atom. The van der Waals surface area contributed by atoms with Crippen LogP contribution < -0.4 is 9.47 Å². The monoisotopic (exact) mass is 439 g/mol. The van der Waals surface area contributed by atoms with E-state index in [9.17, 15) is 8.78 Å². The van der Waals surface area contributed by atoms with Gasteiger partial charge in [-0.25, -0.2) is 0 Å². The molecule has 6 nitrogen and oxygen atoms in total. The van der Waals surface area contributed by atoms with Crippen molar-refractivity contribution in [1.82, 2.24) is 15.0 Å². The summed E-state index contributed by atoms with van der Waals surface area (Å²) in [4.78, 5) is 7.08. The number of likely N-dealkylation sites (N-methyl/N-ethyl adjacent to an activating group) is 1. The molecule has 1 aromatic heterocycles. The van der Waals surface area contributed by atoms with Crippen molar-refractivity contribution in [3.63, 3.8) is 0 Å². The number of ether oxygens (including phenoxy) is 2. The number of hydrogen-bond acceptors (Lipinski definition) is 6. The molecule has 0 spiro atoms. The Labute approximate surface area is 184 Å². The SMILES string of the molecule is CN(CC1(c2noc(-c3ccc4c(c3)OC(F)(F)O4)n2)CCC1)C1C[C@@H]1c1ccccc1. The lowest BCUT2D eigenvalue weighted by Crippen LogP contribution is -2.46. The van der Waals surface area contributed by atoms with E-state index in [2.05, 4.69) is 55.8 Å². The van der Waals surface area contributed by atoms with E-state index in [0.29, 0.717) is 29.2 Å². The molecule has 2 fully saturated rings. The van der Waals surface area contributed by atoms with E-state index in [0.717, 1.165) is 32.2 Å². The van der Waals surface area contributed by atoms with Gasteiger partial charge in [-0.2, -0.15) is 4.98 Å². The van der Waals surface area contributed by atoms with Crippen LogP contribution >= 0.6 is 0 Å². The van der Waals surface area contributed by atoms with E-state index >= 15 is 0 Å². The zero-order valence-electron chi connectivity index (χ0n) is 17.6. The number of nitrogens with zero attached hydrogens (tertiary/aromatic N) is 3. The molecule has 2 heterocycles. The molecule has 2 aromatic carbocycles. The fourth-order valence-corrected chi connectivity index (χ4v) is 5.02. The highest BCUT2D eigenvalue weighted by atomic mass is 19.3. The number of alkyl halides is 2. The minimum atomic E-state index is -3.65. The highest BCUT2D eigenvalue weighted by molar-refractivity contribution is 5.60. The summed E-state index contributed by atoms with van der Waals surface area (Å²) < 4.78 is 41.2. The van der Waals surface area contributed by atoms with Gasteiger partial charge in [0.05, 0.1) is 0 Å². The molecule has 3 aliphatic rings. The Morgan fingerprint density at radius 3 is 2.59 bits per heavy atom. The second-order valence-corrected chi connectivity index (χ2v) is 9.12. The van der Waals surface area contributed by atoms with Crippen molar-refractivity contribution in [1.29, 1.82) is 0 Å². The molecule has 0 N–H and O–H groups in total. The third-order valence-electron chi connectivity index (χ3n) is 6.96. The molecule has 2 aliphatic carbocycles. The summed E-state index contributed by atoms with van der Waals surface area (Å²) in [5, 5.41) is 4.29. The molecule has 32 heavy (non-hydrogen) atoms. The summed E-state index contributed by atoms with van der Waals surface area (Å²) >= 11 is 0. The fourth-order valence-electron chi connectivity index (χ4n) is 5.02. The number of aromatic nitrogens is 2. The minimum Gasteiger partial charge on any atom is -0.395 e. The van der Waals surface area contributed by atoms with E-state index in [4.69, 9.17) is 4.52 Å². The van der Waals surface area contributed by atoms with Crippen LogP contribution in [0.3, 0.4) is 0 Å². The molecule has 2 saturated carbocycles. The lowest BCUT2D eigenvalue weighted by Gasteiger charge is -2.42. The lowest BCUT2D eigenvalue weighted by molar-refractivity contribution is -0.286. The first kappa shape index (κ1) is 19.7. The van der Waals surface area contributed by atoms with Crippen molar-refractivity contribution >= 4 is 0 Å². The molecule has 8 heteroatoms. The summed E-state index contributed by atoms with van der Waals surface area (Å²) in [6, 6.07) is 15.7. The molecule has 166 valence electrons. The van der Waals surface area contributed by atoms with Gasteiger partial charge in [0.15, 0.2) is 17.3 Å². The normalized spacial score (nSPS) is 24.4. The van der Waals surface area contributed by atoms with Crippen LogP contribution in [0.2, 0.25) is 0 Å². The van der Waals surface area contributed by atoms with Crippen molar-refractivity contribution < 1.29 is 22.8 Å². The van der Waals surface area contributed by atoms with Crippen LogP contribution in [-0.2, 0) is 5.41 Å². The van der Waals surface area contributed by atoms with E-state index in [-0.39, 0.29) is 16.9 Å². The Balaban J connectivity index is 1.19. The molecular formula is C24H23F2N3O3. The summed E-state index contributed by atoms with van der Waals surface area (Å²) in [5.41, 5.74) is 1.78. The molecule has 1 unspecified atom stereocenters. The molecule has 0 radical (unpaired) electrons. The lowest BCUT2D eigenvalue weighted by atomic mass is 9.67. The van der Waals surface area contributed by atoms with Crippen LogP contribution in [0.1, 0.15) is 43.0 Å². The van der Waals surface area contributed by atoms with Gasteiger partial charge in [0, 0.05) is 29.5 Å². The molecule has 0 saturated heterocycles. The van der Waals surface area contributed by atoms with E-state index in [1.165, 1.54) is 17.7 Å². The number of rotatable bonds is 6. The minimum absolute atomic E-state index is 0.00650. The average molecular weight is 439 g/mol. The molecule has 6 rings (SSSR count). The first-order chi connectivity index (χ1) is 15.4. The Kier molecular flexibility index (Phi) is 4.30. The van der Waals surface area contributed by atoms with Crippen molar-refractivity contribution in [3.8, 4) is 23.0 Å². The third-order valence-corrected chi connectivity index (χ3v) is 6.96. The molecule has 0 bridgehead atoms. The van der Waals surface area contributed by atoms with Gasteiger partial charge in [0.25, 0.3) is 5.89 Å². The summed E-state index contributed by atoms with van der Waals surface area (Å²) in [5.74, 6) is 1.51. The van der Waals surface area contributed by atoms with Crippen LogP contribution in [-0.4, -0.2) is 41.0 Å². The van der Waals surface area contributed by atoms with Crippen LogP contribution in [0.25, 0.3) is 11.5 Å². The Bertz CT molecular complexity index is 1150. The topological polar surface area (TPSA) is 60.6 Å².